The molecule has 0 aliphatic carbocycles. The summed E-state index contributed by atoms with van der Waals surface area (Å²) in [7, 11) is -7.98. The smallest absolute Gasteiger partial charge is 0.206 e. The van der Waals surface area contributed by atoms with E-state index in [1.165, 1.54) is 30.3 Å². The van der Waals surface area contributed by atoms with E-state index < -0.39 is 20.0 Å². The number of benzene rings is 2. The first-order chi connectivity index (χ1) is 10.2. The van der Waals surface area contributed by atoms with Gasteiger partial charge in [0.2, 0.25) is 0 Å². The van der Waals surface area contributed by atoms with E-state index in [1.54, 1.807) is 18.2 Å². The van der Waals surface area contributed by atoms with Crippen molar-refractivity contribution in [2.45, 2.75) is 16.7 Å². The van der Waals surface area contributed by atoms with Gasteiger partial charge >= 0.3 is 0 Å². The predicted molar refractivity (Wildman–Crippen MR) is 86.0 cm³/mol. The lowest BCUT2D eigenvalue weighted by molar-refractivity contribution is 0.557. The largest absolute Gasteiger partial charge is 0.254 e. The van der Waals surface area contributed by atoms with Gasteiger partial charge in [-0.05, 0) is 37.3 Å². The molecular formula is C13H13BrN2O4S2. The minimum atomic E-state index is -4.00. The van der Waals surface area contributed by atoms with Crippen molar-refractivity contribution in [2.75, 3.05) is 0 Å². The molecule has 0 aromatic heterocycles. The van der Waals surface area contributed by atoms with Crippen LogP contribution in [0.15, 0.2) is 62.8 Å². The third-order valence-electron chi connectivity index (χ3n) is 2.75. The second-order valence-corrected chi connectivity index (χ2v) is 8.76. The van der Waals surface area contributed by atoms with Gasteiger partial charge in [-0.3, -0.25) is 0 Å². The lowest BCUT2D eigenvalue weighted by Crippen LogP contribution is -2.41. The number of hydrazine groups is 1. The molecule has 0 saturated heterocycles. The second kappa shape index (κ2) is 6.47. The number of sulfonamides is 2. The van der Waals surface area contributed by atoms with Crippen molar-refractivity contribution in [2.24, 2.45) is 0 Å². The van der Waals surface area contributed by atoms with E-state index in [0.717, 1.165) is 5.56 Å². The Labute approximate surface area is 137 Å². The van der Waals surface area contributed by atoms with Gasteiger partial charge in [-0.15, -0.1) is 9.66 Å². The lowest BCUT2D eigenvalue weighted by Gasteiger charge is -2.09. The third-order valence-corrected chi connectivity index (χ3v) is 5.88. The zero-order valence-electron chi connectivity index (χ0n) is 11.4. The third kappa shape index (κ3) is 4.14. The van der Waals surface area contributed by atoms with Gasteiger partial charge in [0.1, 0.15) is 0 Å². The van der Waals surface area contributed by atoms with E-state index in [-0.39, 0.29) is 9.79 Å². The first-order valence-electron chi connectivity index (χ1n) is 6.06. The van der Waals surface area contributed by atoms with Crippen LogP contribution in [-0.2, 0) is 20.0 Å². The summed E-state index contributed by atoms with van der Waals surface area (Å²) in [6.07, 6.45) is 0. The average Bonchev–Trinajstić information content (AvgIpc) is 2.46. The van der Waals surface area contributed by atoms with Crippen molar-refractivity contribution in [3.63, 3.8) is 0 Å². The molecule has 2 rings (SSSR count). The molecule has 2 N–H and O–H groups in total. The molecule has 0 atom stereocenters. The van der Waals surface area contributed by atoms with E-state index in [0.29, 0.717) is 4.47 Å². The number of hydrogen-bond acceptors (Lipinski definition) is 4. The highest BCUT2D eigenvalue weighted by molar-refractivity contribution is 9.10. The Bertz CT molecular complexity index is 879. The summed E-state index contributed by atoms with van der Waals surface area (Å²) in [6, 6.07) is 11.9. The Morgan fingerprint density at radius 1 is 0.818 bits per heavy atom. The zero-order chi connectivity index (χ0) is 16.4. The molecule has 0 unspecified atom stereocenters. The summed E-state index contributed by atoms with van der Waals surface area (Å²) < 4.78 is 48.8. The Morgan fingerprint density at radius 3 is 1.91 bits per heavy atom. The van der Waals surface area contributed by atoms with Crippen molar-refractivity contribution in [3.8, 4) is 0 Å². The predicted octanol–water partition coefficient (Wildman–Crippen LogP) is 1.93. The number of hydrogen-bond donors (Lipinski definition) is 2. The Balaban J connectivity index is 2.19. The highest BCUT2D eigenvalue weighted by Gasteiger charge is 2.19. The summed E-state index contributed by atoms with van der Waals surface area (Å²) in [6.45, 7) is 1.82. The fourth-order valence-electron chi connectivity index (χ4n) is 1.58. The van der Waals surface area contributed by atoms with Gasteiger partial charge < -0.3 is 0 Å². The molecule has 118 valence electrons. The van der Waals surface area contributed by atoms with Gasteiger partial charge in [0.25, 0.3) is 20.0 Å². The van der Waals surface area contributed by atoms with Crippen molar-refractivity contribution in [1.29, 1.82) is 0 Å². The number of rotatable bonds is 5. The molecule has 6 nitrogen and oxygen atoms in total. The van der Waals surface area contributed by atoms with E-state index in [2.05, 4.69) is 15.9 Å². The highest BCUT2D eigenvalue weighted by atomic mass is 79.9. The quantitative estimate of drug-likeness (QED) is 0.744. The molecule has 0 amide bonds. The van der Waals surface area contributed by atoms with Crippen LogP contribution in [0.25, 0.3) is 0 Å². The first-order valence-corrected chi connectivity index (χ1v) is 9.82. The standard InChI is InChI=1S/C13H13BrN2O4S2/c1-10-5-7-12(8-6-10)21(17,18)15-16-22(19,20)13-4-2-3-11(14)9-13/h2-9,15-16H,1H3. The van der Waals surface area contributed by atoms with Crippen LogP contribution >= 0.6 is 15.9 Å². The maximum atomic E-state index is 12.1. The van der Waals surface area contributed by atoms with Crippen molar-refractivity contribution in [1.82, 2.24) is 9.66 Å². The van der Waals surface area contributed by atoms with Gasteiger partial charge in [0, 0.05) is 4.47 Å². The topological polar surface area (TPSA) is 92.3 Å². The first kappa shape index (κ1) is 17.1. The summed E-state index contributed by atoms with van der Waals surface area (Å²) in [5, 5.41) is 0. The fourth-order valence-corrected chi connectivity index (χ4v) is 4.28. The Morgan fingerprint density at radius 2 is 1.36 bits per heavy atom. The SMILES string of the molecule is Cc1ccc(S(=O)(=O)NNS(=O)(=O)c2cccc(Br)c2)cc1. The maximum Gasteiger partial charge on any atom is 0.254 e. The van der Waals surface area contributed by atoms with Gasteiger partial charge in [0.05, 0.1) is 9.79 Å². The van der Waals surface area contributed by atoms with Crippen molar-refractivity contribution >= 4 is 36.0 Å². The molecule has 0 saturated carbocycles. The van der Waals surface area contributed by atoms with Crippen LogP contribution in [0.4, 0.5) is 0 Å². The van der Waals surface area contributed by atoms with Crippen LogP contribution in [0.3, 0.4) is 0 Å². The molecule has 2 aromatic rings. The van der Waals surface area contributed by atoms with Crippen LogP contribution < -0.4 is 9.66 Å². The molecule has 9 heteroatoms. The summed E-state index contributed by atoms with van der Waals surface area (Å²) >= 11 is 3.16. The molecule has 0 spiro atoms. The van der Waals surface area contributed by atoms with E-state index in [4.69, 9.17) is 0 Å². The number of halogens is 1. The molecule has 0 bridgehead atoms. The zero-order valence-corrected chi connectivity index (χ0v) is 14.7. The van der Waals surface area contributed by atoms with E-state index in [1.807, 2.05) is 16.6 Å². The molecule has 22 heavy (non-hydrogen) atoms. The van der Waals surface area contributed by atoms with Crippen LogP contribution in [0.5, 0.6) is 0 Å². The average molecular weight is 405 g/mol. The molecule has 2 aromatic carbocycles. The second-order valence-electron chi connectivity index (χ2n) is 4.48. The number of aryl methyl sites for hydroxylation is 1. The van der Waals surface area contributed by atoms with Gasteiger partial charge in [-0.25, -0.2) is 16.8 Å². The van der Waals surface area contributed by atoms with Crippen molar-refractivity contribution < 1.29 is 16.8 Å². The molecule has 0 radical (unpaired) electrons. The van der Waals surface area contributed by atoms with E-state index in [9.17, 15) is 16.8 Å². The summed E-state index contributed by atoms with van der Waals surface area (Å²) in [5.74, 6) is 0. The molecule has 0 aliphatic rings. The number of nitrogens with one attached hydrogen (secondary N) is 2. The Hall–Kier alpha value is -1.26. The fraction of sp³-hybridized carbons (Fsp3) is 0.0769. The van der Waals surface area contributed by atoms with Crippen LogP contribution in [-0.4, -0.2) is 16.8 Å². The molecular weight excluding hydrogens is 392 g/mol. The Kier molecular flexibility index (Phi) is 5.03. The maximum absolute atomic E-state index is 12.1. The minimum absolute atomic E-state index is 0.0324. The van der Waals surface area contributed by atoms with Crippen LogP contribution in [0.1, 0.15) is 5.56 Å². The summed E-state index contributed by atoms with van der Waals surface area (Å²) in [4.78, 5) is 3.65. The van der Waals surface area contributed by atoms with Crippen LogP contribution in [0.2, 0.25) is 0 Å². The normalized spacial score (nSPS) is 12.3. The monoisotopic (exact) mass is 404 g/mol. The van der Waals surface area contributed by atoms with Gasteiger partial charge in [-0.2, -0.15) is 0 Å². The molecule has 0 aliphatic heterocycles. The lowest BCUT2D eigenvalue weighted by atomic mass is 10.2. The van der Waals surface area contributed by atoms with Crippen LogP contribution in [0, 0.1) is 6.92 Å². The summed E-state index contributed by atoms with van der Waals surface area (Å²) in [5.41, 5.74) is 0.897. The highest BCUT2D eigenvalue weighted by Crippen LogP contribution is 2.16. The van der Waals surface area contributed by atoms with Gasteiger partial charge in [-0.1, -0.05) is 39.7 Å². The van der Waals surface area contributed by atoms with E-state index >= 15 is 0 Å². The van der Waals surface area contributed by atoms with Crippen molar-refractivity contribution in [3.05, 3.63) is 58.6 Å². The molecule has 0 fully saturated rings. The van der Waals surface area contributed by atoms with Gasteiger partial charge in [0.15, 0.2) is 0 Å². The minimum Gasteiger partial charge on any atom is -0.206 e. The molecule has 0 heterocycles.